The van der Waals surface area contributed by atoms with Gasteiger partial charge in [-0.25, -0.2) is 8.42 Å². The molecule has 0 saturated carbocycles. The van der Waals surface area contributed by atoms with Crippen LogP contribution in [0.1, 0.15) is 19.8 Å². The van der Waals surface area contributed by atoms with Gasteiger partial charge >= 0.3 is 5.97 Å². The molecule has 0 fully saturated rings. The molecule has 0 radical (unpaired) electrons. The monoisotopic (exact) mass is 237 g/mol. The van der Waals surface area contributed by atoms with E-state index < -0.39 is 9.84 Å². The van der Waals surface area contributed by atoms with Crippen molar-refractivity contribution in [2.45, 2.75) is 19.8 Å². The zero-order chi connectivity index (χ0) is 11.7. The van der Waals surface area contributed by atoms with Crippen LogP contribution in [0.5, 0.6) is 0 Å². The summed E-state index contributed by atoms with van der Waals surface area (Å²) in [6, 6.07) is 0. The fraction of sp³-hybridized carbons (Fsp3) is 0.889. The van der Waals surface area contributed by atoms with Gasteiger partial charge in [0.1, 0.15) is 0 Å². The maximum atomic E-state index is 11.1. The summed E-state index contributed by atoms with van der Waals surface area (Å²) in [7, 11) is -1.53. The second-order valence-electron chi connectivity index (χ2n) is 3.17. The van der Waals surface area contributed by atoms with Crippen LogP contribution in [-0.4, -0.2) is 46.1 Å². The van der Waals surface area contributed by atoms with Gasteiger partial charge in [-0.3, -0.25) is 4.79 Å². The van der Waals surface area contributed by atoms with E-state index in [0.717, 1.165) is 0 Å². The first kappa shape index (κ1) is 14.4. The van der Waals surface area contributed by atoms with Gasteiger partial charge in [-0.15, -0.1) is 0 Å². The Hall–Kier alpha value is -0.620. The van der Waals surface area contributed by atoms with E-state index in [0.29, 0.717) is 25.9 Å². The van der Waals surface area contributed by atoms with Gasteiger partial charge in [0, 0.05) is 18.7 Å². The highest BCUT2D eigenvalue weighted by Crippen LogP contribution is 1.90. The molecular weight excluding hydrogens is 218 g/mol. The lowest BCUT2D eigenvalue weighted by atomic mass is 10.3. The smallest absolute Gasteiger partial charge is 0.305 e. The number of hydrogen-bond acceptors (Lipinski definition) is 5. The maximum Gasteiger partial charge on any atom is 0.305 e. The van der Waals surface area contributed by atoms with E-state index in [1.54, 1.807) is 6.92 Å². The molecule has 0 atom stereocenters. The summed E-state index contributed by atoms with van der Waals surface area (Å²) in [5, 5.41) is 2.97. The Kier molecular flexibility index (Phi) is 7.33. The first-order valence-corrected chi connectivity index (χ1v) is 6.82. The minimum Gasteiger partial charge on any atom is -0.469 e. The van der Waals surface area contributed by atoms with Crippen LogP contribution < -0.4 is 5.32 Å². The van der Waals surface area contributed by atoms with Crippen molar-refractivity contribution in [3.8, 4) is 0 Å². The van der Waals surface area contributed by atoms with Gasteiger partial charge in [0.2, 0.25) is 0 Å². The second kappa shape index (κ2) is 7.64. The third kappa shape index (κ3) is 8.38. The molecule has 0 aliphatic rings. The zero-order valence-electron chi connectivity index (χ0n) is 9.28. The molecule has 0 spiro atoms. The Morgan fingerprint density at radius 2 is 2.00 bits per heavy atom. The van der Waals surface area contributed by atoms with Crippen molar-refractivity contribution in [1.82, 2.24) is 5.32 Å². The van der Waals surface area contributed by atoms with Crippen LogP contribution in [0, 0.1) is 0 Å². The number of rotatable bonds is 8. The third-order valence-electron chi connectivity index (χ3n) is 1.99. The molecule has 0 aromatic carbocycles. The molecule has 5 nitrogen and oxygen atoms in total. The first-order chi connectivity index (χ1) is 7.02. The summed E-state index contributed by atoms with van der Waals surface area (Å²) >= 11 is 0. The number of sulfone groups is 1. The number of ether oxygens (including phenoxy) is 1. The van der Waals surface area contributed by atoms with Gasteiger partial charge in [0.25, 0.3) is 0 Å². The van der Waals surface area contributed by atoms with E-state index in [-0.39, 0.29) is 17.5 Å². The van der Waals surface area contributed by atoms with Crippen LogP contribution in [0.2, 0.25) is 0 Å². The first-order valence-electron chi connectivity index (χ1n) is 4.99. The second-order valence-corrected chi connectivity index (χ2v) is 5.64. The lowest BCUT2D eigenvalue weighted by molar-refractivity contribution is -0.140. The van der Waals surface area contributed by atoms with E-state index in [9.17, 15) is 13.2 Å². The molecule has 0 rings (SSSR count). The summed E-state index contributed by atoms with van der Waals surface area (Å²) in [6.45, 7) is 2.71. The normalized spacial score (nSPS) is 11.3. The Labute approximate surface area is 91.1 Å². The molecule has 0 unspecified atom stereocenters. The summed E-state index contributed by atoms with van der Waals surface area (Å²) in [6.07, 6.45) is 1.03. The highest BCUT2D eigenvalue weighted by Gasteiger charge is 2.05. The zero-order valence-corrected chi connectivity index (χ0v) is 10.1. The highest BCUT2D eigenvalue weighted by atomic mass is 32.2. The third-order valence-corrected chi connectivity index (χ3v) is 3.70. The quantitative estimate of drug-likeness (QED) is 0.474. The average molecular weight is 237 g/mol. The summed E-state index contributed by atoms with van der Waals surface area (Å²) in [5.41, 5.74) is 0. The summed E-state index contributed by atoms with van der Waals surface area (Å²) < 4.78 is 26.6. The molecule has 0 bridgehead atoms. The lowest BCUT2D eigenvalue weighted by Crippen LogP contribution is -2.25. The fourth-order valence-corrected chi connectivity index (χ4v) is 1.70. The van der Waals surface area contributed by atoms with Crippen LogP contribution in [0.4, 0.5) is 0 Å². The molecule has 0 heterocycles. The van der Waals surface area contributed by atoms with Gasteiger partial charge in [-0.05, 0) is 13.0 Å². The number of carbonyl (C=O) groups excluding carboxylic acids is 1. The average Bonchev–Trinajstić information content (AvgIpc) is 2.22. The molecule has 0 saturated heterocycles. The van der Waals surface area contributed by atoms with E-state index in [2.05, 4.69) is 10.1 Å². The minimum absolute atomic E-state index is 0.154. The van der Waals surface area contributed by atoms with E-state index in [1.165, 1.54) is 7.11 Å². The van der Waals surface area contributed by atoms with Crippen molar-refractivity contribution in [1.29, 1.82) is 0 Å². The molecule has 0 amide bonds. The van der Waals surface area contributed by atoms with Crippen LogP contribution in [0.15, 0.2) is 0 Å². The Morgan fingerprint density at radius 1 is 1.33 bits per heavy atom. The molecule has 0 aliphatic carbocycles. The fourth-order valence-electron chi connectivity index (χ4n) is 0.957. The van der Waals surface area contributed by atoms with Crippen LogP contribution >= 0.6 is 0 Å². The molecule has 1 N–H and O–H groups in total. The standard InChI is InChI=1S/C9H19NO4S/c1-3-15(12,13)8-7-10-6-4-5-9(11)14-2/h10H,3-8H2,1-2H3. The molecule has 0 aromatic rings. The van der Waals surface area contributed by atoms with Crippen molar-refractivity contribution in [3.05, 3.63) is 0 Å². The lowest BCUT2D eigenvalue weighted by Gasteiger charge is -2.04. The molecular formula is C9H19NO4S. The molecule has 6 heteroatoms. The van der Waals surface area contributed by atoms with Crippen LogP contribution in [-0.2, 0) is 19.4 Å². The van der Waals surface area contributed by atoms with Crippen molar-refractivity contribution in [3.63, 3.8) is 0 Å². The van der Waals surface area contributed by atoms with Gasteiger partial charge in [0.05, 0.1) is 12.9 Å². The number of nitrogens with one attached hydrogen (secondary N) is 1. The Bertz CT molecular complexity index is 274. The Balaban J connectivity index is 3.37. The number of methoxy groups -OCH3 is 1. The van der Waals surface area contributed by atoms with Crippen molar-refractivity contribution >= 4 is 15.8 Å². The largest absolute Gasteiger partial charge is 0.469 e. The molecule has 0 aromatic heterocycles. The minimum atomic E-state index is -2.88. The predicted molar refractivity (Wildman–Crippen MR) is 58.4 cm³/mol. The van der Waals surface area contributed by atoms with Crippen molar-refractivity contribution in [2.75, 3.05) is 31.7 Å². The summed E-state index contributed by atoms with van der Waals surface area (Å²) in [5.74, 6) is 0.0939. The van der Waals surface area contributed by atoms with E-state index >= 15 is 0 Å². The predicted octanol–water partition coefficient (Wildman–Crippen LogP) is -0.0361. The topological polar surface area (TPSA) is 72.5 Å². The van der Waals surface area contributed by atoms with Crippen LogP contribution in [0.25, 0.3) is 0 Å². The SMILES string of the molecule is CCS(=O)(=O)CCNCCCC(=O)OC. The number of hydrogen-bond donors (Lipinski definition) is 1. The maximum absolute atomic E-state index is 11.1. The molecule has 15 heavy (non-hydrogen) atoms. The van der Waals surface area contributed by atoms with Gasteiger partial charge < -0.3 is 10.1 Å². The summed E-state index contributed by atoms with van der Waals surface area (Å²) in [4.78, 5) is 10.7. The number of carbonyl (C=O) groups is 1. The molecule has 90 valence electrons. The van der Waals surface area contributed by atoms with Gasteiger partial charge in [-0.2, -0.15) is 0 Å². The van der Waals surface area contributed by atoms with E-state index in [4.69, 9.17) is 0 Å². The van der Waals surface area contributed by atoms with Crippen molar-refractivity contribution < 1.29 is 17.9 Å². The highest BCUT2D eigenvalue weighted by molar-refractivity contribution is 7.91. The van der Waals surface area contributed by atoms with Crippen LogP contribution in [0.3, 0.4) is 0 Å². The van der Waals surface area contributed by atoms with E-state index in [1.807, 2.05) is 0 Å². The van der Waals surface area contributed by atoms with Crippen molar-refractivity contribution in [2.24, 2.45) is 0 Å². The molecule has 0 aliphatic heterocycles. The number of esters is 1. The van der Waals surface area contributed by atoms with Gasteiger partial charge in [0.15, 0.2) is 9.84 Å². The van der Waals surface area contributed by atoms with Gasteiger partial charge in [-0.1, -0.05) is 6.92 Å². The Morgan fingerprint density at radius 3 is 2.53 bits per heavy atom.